The molecule has 1 aliphatic heterocycles. The summed E-state index contributed by atoms with van der Waals surface area (Å²) in [6.45, 7) is 5.55. The molecule has 28 heavy (non-hydrogen) atoms. The number of rotatable bonds is 5. The van der Waals surface area contributed by atoms with E-state index < -0.39 is 0 Å². The van der Waals surface area contributed by atoms with E-state index >= 15 is 0 Å². The second-order valence-electron chi connectivity index (χ2n) is 6.78. The molecule has 2 heterocycles. The molecule has 0 aliphatic carbocycles. The molecule has 1 aliphatic rings. The number of carbonyl (C=O) groups excluding carboxylic acids is 2. The van der Waals surface area contributed by atoms with Gasteiger partial charge in [0.2, 0.25) is 5.91 Å². The van der Waals surface area contributed by atoms with Gasteiger partial charge in [0.05, 0.1) is 36.2 Å². The second kappa shape index (κ2) is 9.33. The van der Waals surface area contributed by atoms with E-state index in [-0.39, 0.29) is 30.6 Å². The molecule has 1 saturated heterocycles. The van der Waals surface area contributed by atoms with E-state index in [9.17, 15) is 9.59 Å². The molecule has 8 heteroatoms. The summed E-state index contributed by atoms with van der Waals surface area (Å²) in [6.07, 6.45) is 1.93. The molecule has 0 spiro atoms. The van der Waals surface area contributed by atoms with Crippen LogP contribution in [0.1, 0.15) is 24.2 Å². The molecular formula is C20H23IN4O3. The number of morpholine rings is 1. The fourth-order valence-electron chi connectivity index (χ4n) is 3.12. The van der Waals surface area contributed by atoms with Gasteiger partial charge in [0.15, 0.2) is 0 Å². The summed E-state index contributed by atoms with van der Waals surface area (Å²) in [4.78, 5) is 30.9. The summed E-state index contributed by atoms with van der Waals surface area (Å²) in [7, 11) is 0. The van der Waals surface area contributed by atoms with Crippen LogP contribution in [0, 0.1) is 3.57 Å². The van der Waals surface area contributed by atoms with Crippen LogP contribution >= 0.6 is 22.6 Å². The number of carbonyl (C=O) groups is 2. The predicted molar refractivity (Wildman–Crippen MR) is 117 cm³/mol. The van der Waals surface area contributed by atoms with Crippen LogP contribution in [0.25, 0.3) is 0 Å². The molecule has 0 radical (unpaired) electrons. The van der Waals surface area contributed by atoms with Gasteiger partial charge in [-0.3, -0.25) is 9.59 Å². The lowest BCUT2D eigenvalue weighted by atomic mass is 10.2. The average molecular weight is 494 g/mol. The lowest BCUT2D eigenvalue weighted by molar-refractivity contribution is -0.115. The first kappa shape index (κ1) is 20.5. The van der Waals surface area contributed by atoms with Crippen LogP contribution < -0.4 is 15.5 Å². The molecule has 2 N–H and O–H groups in total. The molecule has 2 unspecified atom stereocenters. The lowest BCUT2D eigenvalue weighted by Gasteiger charge is -2.36. The average Bonchev–Trinajstić information content (AvgIpc) is 2.66. The molecule has 1 aromatic carbocycles. The SMILES string of the molecule is CC1CN(c2ccc(NC(=O)CNC(=O)c3ccccc3I)cn2)CC(C)O1. The zero-order valence-electron chi connectivity index (χ0n) is 15.8. The minimum atomic E-state index is -0.303. The van der Waals surface area contributed by atoms with Crippen molar-refractivity contribution in [2.75, 3.05) is 29.9 Å². The Morgan fingerprint density at radius 2 is 1.89 bits per heavy atom. The molecule has 1 fully saturated rings. The van der Waals surface area contributed by atoms with Crippen LogP contribution in [0.2, 0.25) is 0 Å². The van der Waals surface area contributed by atoms with Gasteiger partial charge < -0.3 is 20.3 Å². The summed E-state index contributed by atoms with van der Waals surface area (Å²) in [5.74, 6) is 0.276. The Labute approximate surface area is 178 Å². The van der Waals surface area contributed by atoms with E-state index in [1.54, 1.807) is 18.3 Å². The fraction of sp³-hybridized carbons (Fsp3) is 0.350. The van der Waals surface area contributed by atoms with Crippen LogP contribution in [0.5, 0.6) is 0 Å². The van der Waals surface area contributed by atoms with Crippen LogP contribution in [-0.2, 0) is 9.53 Å². The number of nitrogens with one attached hydrogen (secondary N) is 2. The van der Waals surface area contributed by atoms with Crippen molar-refractivity contribution in [1.82, 2.24) is 10.3 Å². The number of aromatic nitrogens is 1. The van der Waals surface area contributed by atoms with E-state index in [0.717, 1.165) is 22.5 Å². The Morgan fingerprint density at radius 1 is 1.18 bits per heavy atom. The Hall–Kier alpha value is -2.20. The van der Waals surface area contributed by atoms with Crippen LogP contribution in [0.3, 0.4) is 0 Å². The standard InChI is InChI=1S/C20H23IN4O3/c1-13-11-25(12-14(2)28-13)18-8-7-15(9-22-18)24-19(26)10-23-20(27)16-5-3-4-6-17(16)21/h3-9,13-14H,10-12H2,1-2H3,(H,23,27)(H,24,26). The number of halogens is 1. The third-order valence-corrected chi connectivity index (χ3v) is 5.24. The fourth-order valence-corrected chi connectivity index (χ4v) is 3.75. The Morgan fingerprint density at radius 3 is 2.54 bits per heavy atom. The van der Waals surface area contributed by atoms with Crippen molar-refractivity contribution in [3.8, 4) is 0 Å². The first-order valence-electron chi connectivity index (χ1n) is 9.11. The van der Waals surface area contributed by atoms with Gasteiger partial charge >= 0.3 is 0 Å². The van der Waals surface area contributed by atoms with Crippen molar-refractivity contribution < 1.29 is 14.3 Å². The van der Waals surface area contributed by atoms with Gasteiger partial charge in [0, 0.05) is 16.7 Å². The summed E-state index contributed by atoms with van der Waals surface area (Å²) in [6, 6.07) is 10.9. The highest BCUT2D eigenvalue weighted by Crippen LogP contribution is 2.19. The van der Waals surface area contributed by atoms with E-state index in [1.165, 1.54) is 0 Å². The summed E-state index contributed by atoms with van der Waals surface area (Å²) in [5, 5.41) is 5.38. The number of amides is 2. The van der Waals surface area contributed by atoms with Gasteiger partial charge in [-0.05, 0) is 60.7 Å². The normalized spacial score (nSPS) is 19.2. The zero-order valence-corrected chi connectivity index (χ0v) is 18.0. The first-order chi connectivity index (χ1) is 13.4. The number of hydrogen-bond acceptors (Lipinski definition) is 5. The minimum Gasteiger partial charge on any atom is -0.372 e. The number of nitrogens with zero attached hydrogens (tertiary/aromatic N) is 2. The predicted octanol–water partition coefficient (Wildman–Crippen LogP) is 2.67. The van der Waals surface area contributed by atoms with Crippen molar-refractivity contribution in [3.05, 3.63) is 51.7 Å². The van der Waals surface area contributed by atoms with Crippen LogP contribution in [0.4, 0.5) is 11.5 Å². The minimum absolute atomic E-state index is 0.107. The summed E-state index contributed by atoms with van der Waals surface area (Å²) >= 11 is 2.09. The van der Waals surface area contributed by atoms with Gasteiger partial charge in [0.25, 0.3) is 5.91 Å². The van der Waals surface area contributed by atoms with Gasteiger partial charge in [-0.15, -0.1) is 0 Å². The molecule has 2 atom stereocenters. The third kappa shape index (κ3) is 5.41. The molecule has 148 valence electrons. The highest BCUT2D eigenvalue weighted by Gasteiger charge is 2.23. The number of anilines is 2. The number of ether oxygens (including phenoxy) is 1. The highest BCUT2D eigenvalue weighted by atomic mass is 127. The van der Waals surface area contributed by atoms with Crippen LogP contribution in [-0.4, -0.2) is 48.6 Å². The Bertz CT molecular complexity index is 834. The molecule has 7 nitrogen and oxygen atoms in total. The van der Waals surface area contributed by atoms with E-state index in [4.69, 9.17) is 4.74 Å². The van der Waals surface area contributed by atoms with E-state index in [0.29, 0.717) is 11.3 Å². The van der Waals surface area contributed by atoms with Crippen molar-refractivity contribution in [2.45, 2.75) is 26.1 Å². The quantitative estimate of drug-likeness (QED) is 0.625. The molecule has 1 aromatic heterocycles. The molecule has 0 saturated carbocycles. The first-order valence-corrected chi connectivity index (χ1v) is 10.2. The number of benzene rings is 1. The van der Waals surface area contributed by atoms with Crippen molar-refractivity contribution in [2.24, 2.45) is 0 Å². The Balaban J connectivity index is 1.52. The third-order valence-electron chi connectivity index (χ3n) is 4.30. The van der Waals surface area contributed by atoms with Crippen molar-refractivity contribution >= 4 is 45.9 Å². The number of pyridine rings is 1. The van der Waals surface area contributed by atoms with Gasteiger partial charge in [-0.2, -0.15) is 0 Å². The van der Waals surface area contributed by atoms with Gasteiger partial charge in [-0.25, -0.2) is 4.98 Å². The second-order valence-corrected chi connectivity index (χ2v) is 7.94. The van der Waals surface area contributed by atoms with Gasteiger partial charge in [-0.1, -0.05) is 12.1 Å². The molecule has 2 aromatic rings. The monoisotopic (exact) mass is 494 g/mol. The lowest BCUT2D eigenvalue weighted by Crippen LogP contribution is -2.45. The topological polar surface area (TPSA) is 83.6 Å². The molecule has 2 amide bonds. The maximum Gasteiger partial charge on any atom is 0.252 e. The highest BCUT2D eigenvalue weighted by molar-refractivity contribution is 14.1. The smallest absolute Gasteiger partial charge is 0.252 e. The Kier molecular flexibility index (Phi) is 6.84. The molecule has 0 bridgehead atoms. The number of hydrogen-bond donors (Lipinski definition) is 2. The zero-order chi connectivity index (χ0) is 20.1. The van der Waals surface area contributed by atoms with Crippen LogP contribution in [0.15, 0.2) is 42.6 Å². The summed E-state index contributed by atoms with van der Waals surface area (Å²) in [5.41, 5.74) is 1.14. The largest absolute Gasteiger partial charge is 0.372 e. The molecular weight excluding hydrogens is 471 g/mol. The maximum absolute atomic E-state index is 12.2. The molecule has 3 rings (SSSR count). The summed E-state index contributed by atoms with van der Waals surface area (Å²) < 4.78 is 6.58. The van der Waals surface area contributed by atoms with Crippen molar-refractivity contribution in [1.29, 1.82) is 0 Å². The van der Waals surface area contributed by atoms with E-state index in [1.807, 2.05) is 38.1 Å². The van der Waals surface area contributed by atoms with E-state index in [2.05, 4.69) is 43.1 Å². The maximum atomic E-state index is 12.2. The van der Waals surface area contributed by atoms with Crippen molar-refractivity contribution in [3.63, 3.8) is 0 Å². The van der Waals surface area contributed by atoms with Gasteiger partial charge in [0.1, 0.15) is 5.82 Å².